The lowest BCUT2D eigenvalue weighted by atomic mass is 10.2. The van der Waals surface area contributed by atoms with Crippen molar-refractivity contribution in [3.05, 3.63) is 26.6 Å². The first-order valence-corrected chi connectivity index (χ1v) is 10.1. The highest BCUT2D eigenvalue weighted by atomic mass is 32.1. The summed E-state index contributed by atoms with van der Waals surface area (Å²) in [6, 6.07) is 0.133. The van der Waals surface area contributed by atoms with E-state index in [2.05, 4.69) is 9.97 Å². The Kier molecular flexibility index (Phi) is 7.70. The molecule has 0 fully saturated rings. The maximum atomic E-state index is 12.6. The fourth-order valence-corrected chi connectivity index (χ4v) is 3.98. The van der Waals surface area contributed by atoms with Crippen LogP contribution in [-0.2, 0) is 16.0 Å². The van der Waals surface area contributed by atoms with E-state index >= 15 is 0 Å². The van der Waals surface area contributed by atoms with Gasteiger partial charge < -0.3 is 19.6 Å². The van der Waals surface area contributed by atoms with Gasteiger partial charge in [-0.2, -0.15) is 0 Å². The molecule has 0 amide bonds. The van der Waals surface area contributed by atoms with Gasteiger partial charge in [-0.1, -0.05) is 0 Å². The normalized spacial score (nSPS) is 13.1. The maximum Gasteiger partial charge on any atom is 0.348 e. The van der Waals surface area contributed by atoms with Crippen molar-refractivity contribution in [1.82, 2.24) is 14.9 Å². The van der Waals surface area contributed by atoms with Gasteiger partial charge in [-0.05, 0) is 40.2 Å². The van der Waals surface area contributed by atoms with Crippen LogP contribution >= 0.6 is 11.3 Å². The number of nitrogens with zero attached hydrogens (tertiary/aromatic N) is 2. The number of carbonyl (C=O) groups is 1. The third kappa shape index (κ3) is 5.38. The van der Waals surface area contributed by atoms with Crippen molar-refractivity contribution < 1.29 is 19.4 Å². The number of aromatic amines is 1. The lowest BCUT2D eigenvalue weighted by Gasteiger charge is -2.27. The Balaban J connectivity index is 2.34. The van der Waals surface area contributed by atoms with Crippen LogP contribution in [0.15, 0.2) is 4.79 Å². The molecule has 0 aliphatic carbocycles. The molecule has 0 saturated heterocycles. The van der Waals surface area contributed by atoms with Gasteiger partial charge in [0.15, 0.2) is 0 Å². The zero-order valence-corrected chi connectivity index (χ0v) is 18.1. The molecule has 156 valence electrons. The van der Waals surface area contributed by atoms with Crippen LogP contribution in [0.2, 0.25) is 0 Å². The van der Waals surface area contributed by atoms with E-state index in [9.17, 15) is 14.7 Å². The fourth-order valence-electron chi connectivity index (χ4n) is 2.89. The molecule has 2 aromatic heterocycles. The topological polar surface area (TPSA) is 105 Å². The molecule has 0 aliphatic heterocycles. The average molecular weight is 412 g/mol. The Morgan fingerprint density at radius 1 is 1.32 bits per heavy atom. The van der Waals surface area contributed by atoms with Crippen LogP contribution in [0.1, 0.15) is 48.8 Å². The number of ether oxygens (including phenoxy) is 2. The van der Waals surface area contributed by atoms with Crippen LogP contribution in [0.3, 0.4) is 0 Å². The molecule has 2 heterocycles. The van der Waals surface area contributed by atoms with Gasteiger partial charge in [0.2, 0.25) is 0 Å². The highest BCUT2D eigenvalue weighted by Gasteiger charge is 2.22. The monoisotopic (exact) mass is 411 g/mol. The molecule has 0 unspecified atom stereocenters. The standard InChI is InChI=1S/C19H29N3O5S/c1-10(2)22(7-13(23)9-26-6)8-14-20-17(24)15-12(5)16(28-18(15)21-14)19(25)27-11(3)4/h10-11,13,23H,7-9H2,1-6H3,(H,20,21,24)/t13-/m1/s1. The summed E-state index contributed by atoms with van der Waals surface area (Å²) in [5.74, 6) is 0.0452. The fraction of sp³-hybridized carbons (Fsp3) is 0.632. The van der Waals surface area contributed by atoms with Crippen molar-refractivity contribution in [2.24, 2.45) is 0 Å². The van der Waals surface area contributed by atoms with Crippen molar-refractivity contribution in [3.63, 3.8) is 0 Å². The molecule has 2 rings (SSSR count). The summed E-state index contributed by atoms with van der Waals surface area (Å²) in [5.41, 5.74) is 0.306. The number of nitrogens with one attached hydrogen (secondary N) is 1. The number of hydrogen-bond donors (Lipinski definition) is 2. The molecule has 0 aromatic carbocycles. The van der Waals surface area contributed by atoms with Crippen LogP contribution in [0.4, 0.5) is 0 Å². The first-order chi connectivity index (χ1) is 13.1. The largest absolute Gasteiger partial charge is 0.459 e. The van der Waals surface area contributed by atoms with E-state index in [0.717, 1.165) is 0 Å². The summed E-state index contributed by atoms with van der Waals surface area (Å²) in [4.78, 5) is 35.2. The van der Waals surface area contributed by atoms with Gasteiger partial charge in [-0.25, -0.2) is 9.78 Å². The number of aliphatic hydroxyl groups excluding tert-OH is 1. The van der Waals surface area contributed by atoms with Crippen molar-refractivity contribution >= 4 is 27.5 Å². The molecular formula is C19H29N3O5S. The minimum Gasteiger partial charge on any atom is -0.459 e. The molecule has 0 radical (unpaired) electrons. The number of fused-ring (bicyclic) bond motifs is 1. The predicted octanol–water partition coefficient (Wildman–Crippen LogP) is 2.08. The minimum absolute atomic E-state index is 0.133. The van der Waals surface area contributed by atoms with Gasteiger partial charge in [0.1, 0.15) is 15.5 Å². The Morgan fingerprint density at radius 2 is 2.00 bits per heavy atom. The SMILES string of the molecule is COC[C@H](O)CN(Cc1nc2sc(C(=O)OC(C)C)c(C)c2c(=O)[nH]1)C(C)C. The van der Waals surface area contributed by atoms with E-state index in [0.29, 0.717) is 39.6 Å². The predicted molar refractivity (Wildman–Crippen MR) is 109 cm³/mol. The van der Waals surface area contributed by atoms with Gasteiger partial charge in [0.25, 0.3) is 5.56 Å². The Morgan fingerprint density at radius 3 is 2.57 bits per heavy atom. The van der Waals surface area contributed by atoms with Crippen LogP contribution in [-0.4, -0.2) is 64.5 Å². The van der Waals surface area contributed by atoms with Gasteiger partial charge in [-0.15, -0.1) is 11.3 Å². The average Bonchev–Trinajstić information content (AvgIpc) is 2.91. The number of H-pyrrole nitrogens is 1. The lowest BCUT2D eigenvalue weighted by Crippen LogP contribution is -2.39. The summed E-state index contributed by atoms with van der Waals surface area (Å²) in [6.45, 7) is 10.3. The van der Waals surface area contributed by atoms with Crippen molar-refractivity contribution in [3.8, 4) is 0 Å². The van der Waals surface area contributed by atoms with Crippen molar-refractivity contribution in [1.29, 1.82) is 0 Å². The molecule has 0 aliphatic rings. The van der Waals surface area contributed by atoms with E-state index in [4.69, 9.17) is 9.47 Å². The van der Waals surface area contributed by atoms with Gasteiger partial charge in [0.05, 0.1) is 30.7 Å². The molecular weight excluding hydrogens is 382 g/mol. The van der Waals surface area contributed by atoms with Gasteiger partial charge in [-0.3, -0.25) is 9.69 Å². The Labute approximate surface area is 168 Å². The van der Waals surface area contributed by atoms with Crippen LogP contribution in [0.25, 0.3) is 10.2 Å². The molecule has 8 nitrogen and oxygen atoms in total. The summed E-state index contributed by atoms with van der Waals surface area (Å²) >= 11 is 1.17. The first-order valence-electron chi connectivity index (χ1n) is 9.28. The summed E-state index contributed by atoms with van der Waals surface area (Å²) in [5, 5.41) is 10.5. The minimum atomic E-state index is -0.635. The maximum absolute atomic E-state index is 12.6. The molecule has 2 aromatic rings. The van der Waals surface area contributed by atoms with E-state index in [1.165, 1.54) is 18.4 Å². The highest BCUT2D eigenvalue weighted by molar-refractivity contribution is 7.20. The third-order valence-electron chi connectivity index (χ3n) is 4.27. The second-order valence-corrected chi connectivity index (χ2v) is 8.33. The van der Waals surface area contributed by atoms with Gasteiger partial charge >= 0.3 is 5.97 Å². The smallest absolute Gasteiger partial charge is 0.348 e. The quantitative estimate of drug-likeness (QED) is 0.609. The van der Waals surface area contributed by atoms with Gasteiger partial charge in [0, 0.05) is 19.7 Å². The van der Waals surface area contributed by atoms with Crippen molar-refractivity contribution in [2.75, 3.05) is 20.3 Å². The number of methoxy groups -OCH3 is 1. The van der Waals surface area contributed by atoms with Crippen LogP contribution in [0.5, 0.6) is 0 Å². The van der Waals surface area contributed by atoms with E-state index < -0.39 is 12.1 Å². The zero-order chi connectivity index (χ0) is 21.0. The summed E-state index contributed by atoms with van der Waals surface area (Å²) < 4.78 is 10.2. The van der Waals surface area contributed by atoms with Crippen molar-refractivity contribution in [2.45, 2.75) is 59.4 Å². The van der Waals surface area contributed by atoms with E-state index in [1.54, 1.807) is 20.8 Å². The number of hydrogen-bond acceptors (Lipinski definition) is 8. The first kappa shape index (κ1) is 22.5. The molecule has 28 heavy (non-hydrogen) atoms. The second kappa shape index (κ2) is 9.60. The van der Waals surface area contributed by atoms with E-state index in [1.807, 2.05) is 18.7 Å². The number of rotatable bonds is 9. The van der Waals surface area contributed by atoms with Crippen LogP contribution in [0, 0.1) is 6.92 Å². The molecule has 0 saturated carbocycles. The molecule has 0 spiro atoms. The van der Waals surface area contributed by atoms with E-state index in [-0.39, 0.29) is 24.3 Å². The molecule has 9 heteroatoms. The second-order valence-electron chi connectivity index (χ2n) is 7.34. The summed E-state index contributed by atoms with van der Waals surface area (Å²) in [7, 11) is 1.54. The Bertz CT molecular complexity index is 874. The number of aliphatic hydroxyl groups is 1. The zero-order valence-electron chi connectivity index (χ0n) is 17.2. The number of aromatic nitrogens is 2. The highest BCUT2D eigenvalue weighted by Crippen LogP contribution is 2.28. The number of carbonyl (C=O) groups excluding carboxylic acids is 1. The third-order valence-corrected chi connectivity index (χ3v) is 5.43. The Hall–Kier alpha value is -1.81. The number of aryl methyl sites for hydroxylation is 1. The number of thiophene rings is 1. The molecule has 0 bridgehead atoms. The molecule has 1 atom stereocenters. The van der Waals surface area contributed by atoms with Crippen LogP contribution < -0.4 is 5.56 Å². The number of esters is 1. The molecule has 2 N–H and O–H groups in total. The summed E-state index contributed by atoms with van der Waals surface area (Å²) in [6.07, 6.45) is -0.874. The lowest BCUT2D eigenvalue weighted by molar-refractivity contribution is 0.0272.